The predicted molar refractivity (Wildman–Crippen MR) is 105 cm³/mol. The maximum absolute atomic E-state index is 12.2. The molecule has 1 aromatic carbocycles. The zero-order chi connectivity index (χ0) is 18.4. The fraction of sp³-hybridized carbons (Fsp3) is 0.500. The summed E-state index contributed by atoms with van der Waals surface area (Å²) in [6.07, 6.45) is 1.67. The van der Waals surface area contributed by atoms with E-state index in [1.807, 2.05) is 33.0 Å². The van der Waals surface area contributed by atoms with Crippen LogP contribution in [0.15, 0.2) is 28.8 Å². The summed E-state index contributed by atoms with van der Waals surface area (Å²) in [5.41, 5.74) is 6.48. The van der Waals surface area contributed by atoms with E-state index in [2.05, 4.69) is 10.1 Å². The number of carbonyl (C=O) groups is 1. The van der Waals surface area contributed by atoms with Crippen molar-refractivity contribution in [2.45, 2.75) is 33.1 Å². The average Bonchev–Trinajstić information content (AvgIpc) is 3.04. The molecule has 0 aliphatic carbocycles. The average molecular weight is 401 g/mol. The maximum Gasteiger partial charge on any atom is 0.226 e. The number of rotatable bonds is 8. The number of hydrogen-bond donors (Lipinski definition) is 1. The van der Waals surface area contributed by atoms with Crippen molar-refractivity contribution in [3.05, 3.63) is 35.2 Å². The predicted octanol–water partition coefficient (Wildman–Crippen LogP) is 3.58. The Bertz CT molecular complexity index is 701. The van der Waals surface area contributed by atoms with Gasteiger partial charge in [0.15, 0.2) is 0 Å². The third kappa shape index (κ3) is 6.59. The molecule has 0 spiro atoms. The minimum absolute atomic E-state index is 0. The van der Waals surface area contributed by atoms with Crippen molar-refractivity contribution in [1.82, 2.24) is 15.0 Å². The van der Waals surface area contributed by atoms with Crippen molar-refractivity contribution in [3.8, 4) is 11.4 Å². The fourth-order valence-corrected chi connectivity index (χ4v) is 2.58. The molecule has 0 unspecified atom stereocenters. The quantitative estimate of drug-likeness (QED) is 0.731. The smallest absolute Gasteiger partial charge is 0.226 e. The third-order valence-electron chi connectivity index (χ3n) is 4.00. The Morgan fingerprint density at radius 3 is 2.58 bits per heavy atom. The van der Waals surface area contributed by atoms with Crippen LogP contribution in [0.3, 0.4) is 0 Å². The number of hydrogen-bond acceptors (Lipinski definition) is 5. The molecule has 0 atom stereocenters. The Morgan fingerprint density at radius 1 is 1.31 bits per heavy atom. The van der Waals surface area contributed by atoms with Crippen molar-refractivity contribution in [3.63, 3.8) is 0 Å². The number of halogens is 2. The number of aromatic nitrogens is 2. The normalized spacial score (nSPS) is 11.1. The minimum Gasteiger partial charge on any atom is -0.345 e. The first kappa shape index (κ1) is 22.4. The molecule has 144 valence electrons. The van der Waals surface area contributed by atoms with Gasteiger partial charge in [-0.25, -0.2) is 0 Å². The molecule has 0 aliphatic rings. The number of benzene rings is 1. The van der Waals surface area contributed by atoms with Gasteiger partial charge in [-0.3, -0.25) is 4.79 Å². The molecule has 8 heteroatoms. The Balaban J connectivity index is 0.00000338. The molecule has 2 N–H and O–H groups in total. The van der Waals surface area contributed by atoms with Gasteiger partial charge in [-0.15, -0.1) is 12.4 Å². The summed E-state index contributed by atoms with van der Waals surface area (Å²) in [6.45, 7) is 5.28. The minimum atomic E-state index is -0.0790. The first-order valence-corrected chi connectivity index (χ1v) is 8.71. The molecule has 0 aliphatic heterocycles. The van der Waals surface area contributed by atoms with E-state index >= 15 is 0 Å². The second-order valence-corrected chi connectivity index (χ2v) is 7.43. The van der Waals surface area contributed by atoms with Crippen LogP contribution in [-0.4, -0.2) is 41.1 Å². The molecule has 0 saturated carbocycles. The van der Waals surface area contributed by atoms with Crippen LogP contribution >= 0.6 is 24.0 Å². The van der Waals surface area contributed by atoms with Gasteiger partial charge in [0.25, 0.3) is 0 Å². The van der Waals surface area contributed by atoms with Crippen LogP contribution < -0.4 is 5.73 Å². The summed E-state index contributed by atoms with van der Waals surface area (Å²) in [5.74, 6) is 1.15. The summed E-state index contributed by atoms with van der Waals surface area (Å²) < 4.78 is 5.25. The van der Waals surface area contributed by atoms with E-state index in [4.69, 9.17) is 21.9 Å². The molecule has 0 radical (unpaired) electrons. The second kappa shape index (κ2) is 9.90. The van der Waals surface area contributed by atoms with Gasteiger partial charge in [0.2, 0.25) is 17.6 Å². The molecule has 0 saturated heterocycles. The lowest BCUT2D eigenvalue weighted by atomic mass is 9.93. The number of carbonyl (C=O) groups excluding carboxylic acids is 1. The molecule has 1 amide bonds. The van der Waals surface area contributed by atoms with Crippen LogP contribution in [0.4, 0.5) is 0 Å². The number of aryl methyl sites for hydroxylation is 1. The Kier molecular flexibility index (Phi) is 8.53. The van der Waals surface area contributed by atoms with Gasteiger partial charge in [-0.05, 0) is 42.6 Å². The Hall–Kier alpha value is -1.63. The second-order valence-electron chi connectivity index (χ2n) is 6.99. The largest absolute Gasteiger partial charge is 0.345 e. The standard InChI is InChI=1S/C18H25ClN4O2.ClH/c1-18(2,11-20)12-23(3)16(24)6-4-5-15-21-17(22-25-15)13-7-9-14(19)10-8-13;/h7-10H,4-6,11-12,20H2,1-3H3;1H. The molecule has 6 nitrogen and oxygen atoms in total. The van der Waals surface area contributed by atoms with E-state index in [0.717, 1.165) is 5.56 Å². The molecular formula is C18H26Cl2N4O2. The highest BCUT2D eigenvalue weighted by atomic mass is 35.5. The van der Waals surface area contributed by atoms with Crippen LogP contribution in [0, 0.1) is 5.41 Å². The monoisotopic (exact) mass is 400 g/mol. The van der Waals surface area contributed by atoms with E-state index in [9.17, 15) is 4.79 Å². The van der Waals surface area contributed by atoms with Crippen molar-refractivity contribution in [2.24, 2.45) is 11.1 Å². The van der Waals surface area contributed by atoms with Gasteiger partial charge in [0, 0.05) is 37.0 Å². The van der Waals surface area contributed by atoms with Gasteiger partial charge in [0.05, 0.1) is 0 Å². The Morgan fingerprint density at radius 2 is 1.96 bits per heavy atom. The summed E-state index contributed by atoms with van der Waals surface area (Å²) in [7, 11) is 1.81. The number of amides is 1. The highest BCUT2D eigenvalue weighted by molar-refractivity contribution is 6.30. The molecule has 0 fully saturated rings. The lowest BCUT2D eigenvalue weighted by Crippen LogP contribution is -2.39. The molecular weight excluding hydrogens is 375 g/mol. The molecule has 2 rings (SSSR count). The SMILES string of the molecule is CN(CC(C)(C)CN)C(=O)CCCc1nc(-c2ccc(Cl)cc2)no1.Cl. The van der Waals surface area contributed by atoms with Gasteiger partial charge in [-0.2, -0.15) is 4.98 Å². The molecule has 1 aromatic heterocycles. The molecule has 26 heavy (non-hydrogen) atoms. The fourth-order valence-electron chi connectivity index (χ4n) is 2.45. The first-order valence-electron chi connectivity index (χ1n) is 8.33. The maximum atomic E-state index is 12.2. The van der Waals surface area contributed by atoms with E-state index in [-0.39, 0.29) is 23.7 Å². The van der Waals surface area contributed by atoms with Crippen LogP contribution in [0.1, 0.15) is 32.6 Å². The summed E-state index contributed by atoms with van der Waals surface area (Å²) in [5, 5.41) is 4.63. The molecule has 0 bridgehead atoms. The summed E-state index contributed by atoms with van der Waals surface area (Å²) in [4.78, 5) is 18.3. The summed E-state index contributed by atoms with van der Waals surface area (Å²) >= 11 is 5.87. The number of nitrogens with two attached hydrogens (primary N) is 1. The van der Waals surface area contributed by atoms with Crippen molar-refractivity contribution in [1.29, 1.82) is 0 Å². The molecule has 2 aromatic rings. The first-order chi connectivity index (χ1) is 11.8. The summed E-state index contributed by atoms with van der Waals surface area (Å²) in [6, 6.07) is 7.25. The zero-order valence-corrected chi connectivity index (χ0v) is 16.9. The number of nitrogens with zero attached hydrogens (tertiary/aromatic N) is 3. The van der Waals surface area contributed by atoms with E-state index in [0.29, 0.717) is 49.1 Å². The van der Waals surface area contributed by atoms with E-state index in [1.54, 1.807) is 17.0 Å². The van der Waals surface area contributed by atoms with Crippen LogP contribution in [0.5, 0.6) is 0 Å². The van der Waals surface area contributed by atoms with Crippen molar-refractivity contribution in [2.75, 3.05) is 20.1 Å². The zero-order valence-electron chi connectivity index (χ0n) is 15.4. The van der Waals surface area contributed by atoms with Crippen molar-refractivity contribution >= 4 is 29.9 Å². The van der Waals surface area contributed by atoms with Gasteiger partial charge < -0.3 is 15.2 Å². The van der Waals surface area contributed by atoms with E-state index < -0.39 is 0 Å². The highest BCUT2D eigenvalue weighted by Gasteiger charge is 2.21. The highest BCUT2D eigenvalue weighted by Crippen LogP contribution is 2.19. The van der Waals surface area contributed by atoms with Crippen LogP contribution in [0.25, 0.3) is 11.4 Å². The molecule has 1 heterocycles. The lowest BCUT2D eigenvalue weighted by molar-refractivity contribution is -0.131. The van der Waals surface area contributed by atoms with Crippen LogP contribution in [-0.2, 0) is 11.2 Å². The van der Waals surface area contributed by atoms with Crippen molar-refractivity contribution < 1.29 is 9.32 Å². The van der Waals surface area contributed by atoms with Gasteiger partial charge in [-0.1, -0.05) is 30.6 Å². The lowest BCUT2D eigenvalue weighted by Gasteiger charge is -2.29. The van der Waals surface area contributed by atoms with E-state index in [1.165, 1.54) is 0 Å². The third-order valence-corrected chi connectivity index (χ3v) is 4.25. The van der Waals surface area contributed by atoms with Gasteiger partial charge in [0.1, 0.15) is 0 Å². The van der Waals surface area contributed by atoms with Crippen LogP contribution in [0.2, 0.25) is 5.02 Å². The Labute approximate surface area is 165 Å². The van der Waals surface area contributed by atoms with Gasteiger partial charge >= 0.3 is 0 Å². The topological polar surface area (TPSA) is 85.2 Å².